The Morgan fingerprint density at radius 3 is 1.43 bits per heavy atom. The maximum Gasteiger partial charge on any atom is 0.180 e. The van der Waals surface area contributed by atoms with E-state index in [1.54, 1.807) is 51.1 Å². The van der Waals surface area contributed by atoms with Gasteiger partial charge in [0.1, 0.15) is 11.5 Å². The van der Waals surface area contributed by atoms with Crippen molar-refractivity contribution in [3.63, 3.8) is 0 Å². The number of nitrogens with zero attached hydrogens (tertiary/aromatic N) is 3. The average molecular weight is 612 g/mol. The maximum atomic E-state index is 5.59. The van der Waals surface area contributed by atoms with Crippen molar-refractivity contribution in [1.82, 2.24) is 14.9 Å². The van der Waals surface area contributed by atoms with Gasteiger partial charge in [-0.25, -0.2) is 0 Å². The van der Waals surface area contributed by atoms with E-state index in [9.17, 15) is 0 Å². The van der Waals surface area contributed by atoms with E-state index >= 15 is 0 Å². The number of pyridine rings is 2. The lowest BCUT2D eigenvalue weighted by molar-refractivity contribution is 0.331. The Labute approximate surface area is 256 Å². The number of methoxy groups -OCH3 is 4. The SMILES string of the molecule is COc1sc(-c2ccc(NCCCN(C)CCCNc3ccc(-c4sc(OC)c(C)c4OC)nc3)cn2)c(OC)c1C. The van der Waals surface area contributed by atoms with E-state index in [1.165, 1.54) is 0 Å². The monoisotopic (exact) mass is 611 g/mol. The Morgan fingerprint density at radius 1 is 0.667 bits per heavy atom. The minimum atomic E-state index is 0.824. The molecule has 0 aliphatic carbocycles. The lowest BCUT2D eigenvalue weighted by Gasteiger charge is -2.17. The highest BCUT2D eigenvalue weighted by atomic mass is 32.1. The molecule has 0 fully saturated rings. The molecular formula is C31H41N5O4S2. The number of anilines is 2. The van der Waals surface area contributed by atoms with Crippen molar-refractivity contribution in [3.8, 4) is 42.8 Å². The van der Waals surface area contributed by atoms with Crippen LogP contribution in [0.25, 0.3) is 21.1 Å². The van der Waals surface area contributed by atoms with E-state index in [-0.39, 0.29) is 0 Å². The molecule has 0 aromatic carbocycles. The van der Waals surface area contributed by atoms with Gasteiger partial charge >= 0.3 is 0 Å². The van der Waals surface area contributed by atoms with Crippen LogP contribution in [0.15, 0.2) is 36.7 Å². The first kappa shape index (κ1) is 31.4. The number of ether oxygens (including phenoxy) is 4. The first-order chi connectivity index (χ1) is 20.4. The summed E-state index contributed by atoms with van der Waals surface area (Å²) in [6.07, 6.45) is 5.84. The maximum absolute atomic E-state index is 5.59. The molecule has 0 saturated carbocycles. The van der Waals surface area contributed by atoms with Gasteiger partial charge in [0.05, 0.1) is 73.3 Å². The van der Waals surface area contributed by atoms with E-state index in [4.69, 9.17) is 18.9 Å². The first-order valence-electron chi connectivity index (χ1n) is 13.9. The Kier molecular flexibility index (Phi) is 11.3. The second kappa shape index (κ2) is 15.1. The molecule has 11 heteroatoms. The highest BCUT2D eigenvalue weighted by Gasteiger charge is 2.20. The number of aromatic nitrogens is 2. The van der Waals surface area contributed by atoms with Crippen LogP contribution in [0.3, 0.4) is 0 Å². The minimum Gasteiger partial charge on any atom is -0.495 e. The number of hydrogen-bond acceptors (Lipinski definition) is 11. The number of nitrogens with one attached hydrogen (secondary N) is 2. The van der Waals surface area contributed by atoms with Gasteiger partial charge in [0.25, 0.3) is 0 Å². The average Bonchev–Trinajstić information content (AvgIpc) is 3.52. The van der Waals surface area contributed by atoms with Crippen LogP contribution in [0.4, 0.5) is 11.4 Å². The summed E-state index contributed by atoms with van der Waals surface area (Å²) < 4.78 is 22.1. The summed E-state index contributed by atoms with van der Waals surface area (Å²) in [7, 11) is 8.89. The zero-order valence-corrected chi connectivity index (χ0v) is 27.1. The first-order valence-corrected chi connectivity index (χ1v) is 15.5. The summed E-state index contributed by atoms with van der Waals surface area (Å²) in [4.78, 5) is 13.6. The molecule has 4 aromatic rings. The summed E-state index contributed by atoms with van der Waals surface area (Å²) in [6, 6.07) is 8.17. The smallest absolute Gasteiger partial charge is 0.180 e. The topological polar surface area (TPSA) is 90.0 Å². The zero-order valence-electron chi connectivity index (χ0n) is 25.5. The molecule has 0 spiro atoms. The molecule has 4 aromatic heterocycles. The summed E-state index contributed by atoms with van der Waals surface area (Å²) in [6.45, 7) is 7.81. The molecule has 42 heavy (non-hydrogen) atoms. The minimum absolute atomic E-state index is 0.824. The number of hydrogen-bond donors (Lipinski definition) is 2. The summed E-state index contributed by atoms with van der Waals surface area (Å²) in [5.41, 5.74) is 5.79. The molecule has 0 aliphatic heterocycles. The molecule has 0 unspecified atom stereocenters. The van der Waals surface area contributed by atoms with Crippen molar-refractivity contribution >= 4 is 34.0 Å². The van der Waals surface area contributed by atoms with Crippen LogP contribution in [-0.4, -0.2) is 76.5 Å². The highest BCUT2D eigenvalue weighted by molar-refractivity contribution is 7.18. The highest BCUT2D eigenvalue weighted by Crippen LogP contribution is 2.47. The van der Waals surface area contributed by atoms with Crippen molar-refractivity contribution < 1.29 is 18.9 Å². The second-order valence-corrected chi connectivity index (χ2v) is 11.9. The second-order valence-electron chi connectivity index (χ2n) is 9.89. The van der Waals surface area contributed by atoms with Crippen LogP contribution < -0.4 is 29.6 Å². The summed E-state index contributed by atoms with van der Waals surface area (Å²) in [5.74, 6) is 1.65. The largest absolute Gasteiger partial charge is 0.495 e. The molecular weight excluding hydrogens is 571 g/mol. The van der Waals surface area contributed by atoms with Crippen LogP contribution in [0.2, 0.25) is 0 Å². The summed E-state index contributed by atoms with van der Waals surface area (Å²) in [5, 5.41) is 8.66. The third kappa shape index (κ3) is 7.45. The van der Waals surface area contributed by atoms with Gasteiger partial charge in [-0.05, 0) is 71.1 Å². The molecule has 0 bridgehead atoms. The molecule has 0 amide bonds. The Balaban J connectivity index is 1.14. The summed E-state index contributed by atoms with van der Waals surface area (Å²) >= 11 is 3.11. The molecule has 226 valence electrons. The molecule has 0 aliphatic rings. The number of rotatable bonds is 16. The lowest BCUT2D eigenvalue weighted by atomic mass is 10.2. The van der Waals surface area contributed by atoms with Crippen LogP contribution >= 0.6 is 22.7 Å². The van der Waals surface area contributed by atoms with Crippen molar-refractivity contribution in [1.29, 1.82) is 0 Å². The molecule has 0 atom stereocenters. The van der Waals surface area contributed by atoms with Crippen molar-refractivity contribution in [2.24, 2.45) is 0 Å². The van der Waals surface area contributed by atoms with E-state index in [0.29, 0.717) is 0 Å². The fourth-order valence-electron chi connectivity index (χ4n) is 4.72. The van der Waals surface area contributed by atoms with Gasteiger partial charge in [-0.15, -0.1) is 0 Å². The molecule has 2 N–H and O–H groups in total. The Hall–Kier alpha value is -3.54. The zero-order chi connectivity index (χ0) is 30.1. The predicted molar refractivity (Wildman–Crippen MR) is 174 cm³/mol. The lowest BCUT2D eigenvalue weighted by Crippen LogP contribution is -2.24. The molecule has 0 radical (unpaired) electrons. The van der Waals surface area contributed by atoms with E-state index in [0.717, 1.165) is 104 Å². The molecule has 4 heterocycles. The van der Waals surface area contributed by atoms with Gasteiger partial charge in [-0.3, -0.25) is 9.97 Å². The number of thiophene rings is 2. The quantitative estimate of drug-likeness (QED) is 0.132. The van der Waals surface area contributed by atoms with Gasteiger partial charge < -0.3 is 34.5 Å². The third-order valence-corrected chi connectivity index (χ3v) is 9.47. The van der Waals surface area contributed by atoms with Gasteiger partial charge in [-0.1, -0.05) is 22.7 Å². The molecule has 4 rings (SSSR count). The van der Waals surface area contributed by atoms with Gasteiger partial charge in [0.2, 0.25) is 0 Å². The van der Waals surface area contributed by atoms with E-state index in [2.05, 4.69) is 44.7 Å². The van der Waals surface area contributed by atoms with Crippen LogP contribution in [0, 0.1) is 13.8 Å². The fourth-order valence-corrected chi connectivity index (χ4v) is 6.85. The van der Waals surface area contributed by atoms with Crippen molar-refractivity contribution in [2.45, 2.75) is 26.7 Å². The van der Waals surface area contributed by atoms with E-state index < -0.39 is 0 Å². The third-order valence-electron chi connectivity index (χ3n) is 6.96. The normalized spacial score (nSPS) is 11.0. The molecule has 9 nitrogen and oxygen atoms in total. The van der Waals surface area contributed by atoms with Gasteiger partial charge in [0, 0.05) is 24.2 Å². The van der Waals surface area contributed by atoms with E-state index in [1.807, 2.05) is 38.4 Å². The Morgan fingerprint density at radius 2 is 1.10 bits per heavy atom. The standard InChI is InChI=1S/C31H41N5O4S2/c1-20-26(37-4)28(41-30(20)39-6)24-12-10-22(18-34-24)32-14-8-16-36(3)17-9-15-33-23-11-13-25(35-19-23)29-27(38-5)21(2)31(40-7)42-29/h10-13,18-19,32-33H,8-9,14-17H2,1-7H3. The van der Waals surface area contributed by atoms with Gasteiger partial charge in [-0.2, -0.15) is 0 Å². The van der Waals surface area contributed by atoms with Crippen LogP contribution in [0.5, 0.6) is 21.6 Å². The van der Waals surface area contributed by atoms with Crippen molar-refractivity contribution in [3.05, 3.63) is 47.8 Å². The predicted octanol–water partition coefficient (Wildman–Crippen LogP) is 6.82. The Bertz CT molecular complexity index is 1310. The fraction of sp³-hybridized carbons (Fsp3) is 0.419. The van der Waals surface area contributed by atoms with Crippen molar-refractivity contribution in [2.75, 3.05) is 72.3 Å². The molecule has 0 saturated heterocycles. The van der Waals surface area contributed by atoms with Crippen LogP contribution in [-0.2, 0) is 0 Å². The van der Waals surface area contributed by atoms with Gasteiger partial charge in [0.15, 0.2) is 10.1 Å². The van der Waals surface area contributed by atoms with Crippen LogP contribution in [0.1, 0.15) is 24.0 Å².